The fraction of sp³-hybridized carbons (Fsp3) is 0.633. The van der Waals surface area contributed by atoms with Crippen LogP contribution in [0.4, 0.5) is 0 Å². The highest BCUT2D eigenvalue weighted by molar-refractivity contribution is 5.72. The van der Waals surface area contributed by atoms with Crippen LogP contribution in [0.1, 0.15) is 122 Å². The van der Waals surface area contributed by atoms with Gasteiger partial charge in [-0.1, -0.05) is 122 Å². The molecule has 0 radical (unpaired) electrons. The zero-order chi connectivity index (χ0) is 24.3. The average Bonchev–Trinajstić information content (AvgIpc) is 2.86. The molecule has 4 heteroatoms. The average molecular weight is 467 g/mol. The molecule has 2 aromatic rings. The molecule has 0 N–H and O–H groups in total. The van der Waals surface area contributed by atoms with E-state index >= 15 is 0 Å². The Bertz CT molecular complexity index is 771. The van der Waals surface area contributed by atoms with Crippen molar-refractivity contribution in [3.8, 4) is 17.1 Å². The molecule has 4 nitrogen and oxygen atoms in total. The van der Waals surface area contributed by atoms with Gasteiger partial charge in [0.25, 0.3) is 0 Å². The molecule has 1 aromatic carbocycles. The Morgan fingerprint density at radius 1 is 0.676 bits per heavy atom. The first-order chi connectivity index (χ1) is 16.7. The lowest BCUT2D eigenvalue weighted by Crippen LogP contribution is -2.08. The van der Waals surface area contributed by atoms with Gasteiger partial charge in [-0.05, 0) is 24.8 Å². The maximum absolute atomic E-state index is 12.0. The van der Waals surface area contributed by atoms with Gasteiger partial charge in [-0.2, -0.15) is 0 Å². The molecule has 0 aliphatic carbocycles. The van der Waals surface area contributed by atoms with Crippen LogP contribution in [-0.2, 0) is 11.2 Å². The molecule has 0 aliphatic rings. The Hall–Kier alpha value is -2.23. The van der Waals surface area contributed by atoms with Gasteiger partial charge in [-0.25, -0.2) is 9.97 Å². The van der Waals surface area contributed by atoms with Crippen LogP contribution in [-0.4, -0.2) is 15.9 Å². The van der Waals surface area contributed by atoms with Crippen molar-refractivity contribution in [2.24, 2.45) is 0 Å². The van der Waals surface area contributed by atoms with Gasteiger partial charge in [0.15, 0.2) is 11.6 Å². The summed E-state index contributed by atoms with van der Waals surface area (Å²) in [7, 11) is 0. The van der Waals surface area contributed by atoms with E-state index in [0.29, 0.717) is 18.0 Å². The smallest absolute Gasteiger partial charge is 0.311 e. The molecule has 0 amide bonds. The lowest BCUT2D eigenvalue weighted by atomic mass is 10.0. The number of ether oxygens (including phenoxy) is 1. The SMILES string of the molecule is CCCCCCCCCCCc1ccc(-c2ncc(OC(=O)CCCCCCCC)cn2)cc1. The van der Waals surface area contributed by atoms with Crippen molar-refractivity contribution in [1.29, 1.82) is 0 Å². The predicted octanol–water partition coefficient (Wildman–Crippen LogP) is 8.87. The first kappa shape index (κ1) is 28.0. The molecule has 188 valence electrons. The lowest BCUT2D eigenvalue weighted by Gasteiger charge is -2.06. The van der Waals surface area contributed by atoms with Crippen molar-refractivity contribution in [2.45, 2.75) is 123 Å². The van der Waals surface area contributed by atoms with E-state index in [2.05, 4.69) is 48.1 Å². The molecule has 0 aliphatic heterocycles. The number of hydrogen-bond acceptors (Lipinski definition) is 4. The van der Waals surface area contributed by atoms with Crippen LogP contribution in [0, 0.1) is 0 Å². The van der Waals surface area contributed by atoms with E-state index in [4.69, 9.17) is 4.74 Å². The highest BCUT2D eigenvalue weighted by Crippen LogP contribution is 2.19. The molecule has 0 saturated carbocycles. The van der Waals surface area contributed by atoms with Gasteiger partial charge in [0, 0.05) is 12.0 Å². The largest absolute Gasteiger partial charge is 0.423 e. The molecule has 0 saturated heterocycles. The molecule has 34 heavy (non-hydrogen) atoms. The van der Waals surface area contributed by atoms with Crippen LogP contribution in [0.15, 0.2) is 36.7 Å². The van der Waals surface area contributed by atoms with Crippen LogP contribution in [0.25, 0.3) is 11.4 Å². The van der Waals surface area contributed by atoms with Crippen molar-refractivity contribution in [1.82, 2.24) is 9.97 Å². The van der Waals surface area contributed by atoms with Gasteiger partial charge in [0.1, 0.15) is 0 Å². The Kier molecular flexibility index (Phi) is 14.9. The van der Waals surface area contributed by atoms with E-state index < -0.39 is 0 Å². The highest BCUT2D eigenvalue weighted by atomic mass is 16.5. The molecule has 0 atom stereocenters. The minimum absolute atomic E-state index is 0.201. The van der Waals surface area contributed by atoms with Crippen molar-refractivity contribution < 1.29 is 9.53 Å². The molecule has 0 spiro atoms. The number of hydrogen-bond donors (Lipinski definition) is 0. The molecule has 2 rings (SSSR count). The molecule has 0 fully saturated rings. The Morgan fingerprint density at radius 2 is 1.18 bits per heavy atom. The number of carbonyl (C=O) groups is 1. The van der Waals surface area contributed by atoms with Gasteiger partial charge in [0.05, 0.1) is 12.4 Å². The summed E-state index contributed by atoms with van der Waals surface area (Å²) in [5.41, 5.74) is 2.35. The number of unbranched alkanes of at least 4 members (excludes halogenated alkanes) is 13. The minimum Gasteiger partial charge on any atom is -0.423 e. The Labute approximate surface area is 208 Å². The first-order valence-corrected chi connectivity index (χ1v) is 13.8. The van der Waals surface area contributed by atoms with Gasteiger partial charge in [-0.3, -0.25) is 4.79 Å². The van der Waals surface area contributed by atoms with E-state index in [1.807, 2.05) is 0 Å². The summed E-state index contributed by atoms with van der Waals surface area (Å²) in [6, 6.07) is 8.53. The number of nitrogens with zero attached hydrogens (tertiary/aromatic N) is 2. The molecular formula is C30H46N2O2. The fourth-order valence-corrected chi connectivity index (χ4v) is 4.21. The lowest BCUT2D eigenvalue weighted by molar-refractivity contribution is -0.134. The van der Waals surface area contributed by atoms with Gasteiger partial charge < -0.3 is 4.74 Å². The first-order valence-electron chi connectivity index (χ1n) is 13.8. The summed E-state index contributed by atoms with van der Waals surface area (Å²) in [6.07, 6.45) is 23.9. The van der Waals surface area contributed by atoms with Crippen molar-refractivity contribution in [2.75, 3.05) is 0 Å². The van der Waals surface area contributed by atoms with Crippen molar-refractivity contribution in [3.05, 3.63) is 42.2 Å². The maximum atomic E-state index is 12.0. The Morgan fingerprint density at radius 3 is 1.74 bits per heavy atom. The summed E-state index contributed by atoms with van der Waals surface area (Å²) in [6.45, 7) is 4.48. The number of aryl methyl sites for hydroxylation is 1. The number of benzene rings is 1. The second-order valence-electron chi connectivity index (χ2n) is 9.51. The maximum Gasteiger partial charge on any atom is 0.311 e. The van der Waals surface area contributed by atoms with Crippen LogP contribution >= 0.6 is 0 Å². The standard InChI is InChI=1S/C30H46N2O2/c1-3-5-7-9-11-12-13-14-16-18-26-20-22-27(23-21-26)30-31-24-28(25-32-30)34-29(33)19-17-15-10-8-6-4-2/h20-25H,3-19H2,1-2H3. The number of carbonyl (C=O) groups excluding carboxylic acids is 1. The Balaban J connectivity index is 1.64. The van der Waals surface area contributed by atoms with E-state index in [9.17, 15) is 4.79 Å². The third-order valence-corrected chi connectivity index (χ3v) is 6.38. The van der Waals surface area contributed by atoms with Crippen LogP contribution in [0.3, 0.4) is 0 Å². The van der Waals surface area contributed by atoms with E-state index in [-0.39, 0.29) is 5.97 Å². The highest BCUT2D eigenvalue weighted by Gasteiger charge is 2.07. The van der Waals surface area contributed by atoms with Crippen molar-refractivity contribution >= 4 is 5.97 Å². The normalized spacial score (nSPS) is 11.0. The van der Waals surface area contributed by atoms with E-state index in [1.54, 1.807) is 12.4 Å². The summed E-state index contributed by atoms with van der Waals surface area (Å²) < 4.78 is 5.38. The van der Waals surface area contributed by atoms with Crippen LogP contribution in [0.2, 0.25) is 0 Å². The third kappa shape index (κ3) is 12.3. The third-order valence-electron chi connectivity index (χ3n) is 6.38. The minimum atomic E-state index is -0.201. The zero-order valence-corrected chi connectivity index (χ0v) is 21.7. The fourth-order valence-electron chi connectivity index (χ4n) is 4.21. The number of rotatable bonds is 19. The topological polar surface area (TPSA) is 52.1 Å². The monoisotopic (exact) mass is 466 g/mol. The number of aromatic nitrogens is 2. The molecule has 1 aromatic heterocycles. The van der Waals surface area contributed by atoms with Crippen molar-refractivity contribution in [3.63, 3.8) is 0 Å². The van der Waals surface area contributed by atoms with Crippen LogP contribution < -0.4 is 4.74 Å². The summed E-state index contributed by atoms with van der Waals surface area (Å²) in [5.74, 6) is 0.875. The second-order valence-corrected chi connectivity index (χ2v) is 9.51. The van der Waals surface area contributed by atoms with E-state index in [1.165, 1.54) is 89.0 Å². The summed E-state index contributed by atoms with van der Waals surface area (Å²) in [4.78, 5) is 20.8. The summed E-state index contributed by atoms with van der Waals surface area (Å²) >= 11 is 0. The van der Waals surface area contributed by atoms with Gasteiger partial charge >= 0.3 is 5.97 Å². The zero-order valence-electron chi connectivity index (χ0n) is 21.7. The molecule has 0 unspecified atom stereocenters. The second kappa shape index (κ2) is 18.1. The predicted molar refractivity (Wildman–Crippen MR) is 142 cm³/mol. The van der Waals surface area contributed by atoms with Gasteiger partial charge in [-0.15, -0.1) is 0 Å². The van der Waals surface area contributed by atoms with E-state index in [0.717, 1.165) is 24.8 Å². The van der Waals surface area contributed by atoms with Crippen LogP contribution in [0.5, 0.6) is 5.75 Å². The number of esters is 1. The molecular weight excluding hydrogens is 420 g/mol. The molecule has 1 heterocycles. The molecule has 0 bridgehead atoms. The van der Waals surface area contributed by atoms with Gasteiger partial charge in [0.2, 0.25) is 0 Å². The summed E-state index contributed by atoms with van der Waals surface area (Å²) in [5, 5.41) is 0. The quantitative estimate of drug-likeness (QED) is 0.153.